The lowest BCUT2D eigenvalue weighted by molar-refractivity contribution is 0.340. The Kier molecular flexibility index (Phi) is 4.64. The fourth-order valence-electron chi connectivity index (χ4n) is 3.40. The summed E-state index contributed by atoms with van der Waals surface area (Å²) in [6.07, 6.45) is 0. The van der Waals surface area contributed by atoms with Crippen molar-refractivity contribution in [3.63, 3.8) is 0 Å². The molecule has 29 heavy (non-hydrogen) atoms. The van der Waals surface area contributed by atoms with Crippen LogP contribution in [0.15, 0.2) is 53.9 Å². The first-order valence-electron chi connectivity index (χ1n) is 8.87. The van der Waals surface area contributed by atoms with Gasteiger partial charge in [0.2, 0.25) is 11.8 Å². The normalized spacial score (nSPS) is 15.4. The van der Waals surface area contributed by atoms with Crippen molar-refractivity contribution in [3.05, 3.63) is 76.7 Å². The van der Waals surface area contributed by atoms with E-state index in [1.807, 2.05) is 25.1 Å². The number of halogens is 2. The fraction of sp³-hybridized carbons (Fsp3) is 0.143. The SMILES string of the molecule is CCOc1ccc(-c2[nH]nc3c2[C@@H](c2ccc(F)cc2F)C(C#N)=C(N)O3)cc1. The molecule has 1 aliphatic heterocycles. The Bertz CT molecular complexity index is 1150. The monoisotopic (exact) mass is 394 g/mol. The number of aromatic nitrogens is 2. The molecule has 4 rings (SSSR count). The van der Waals surface area contributed by atoms with Gasteiger partial charge < -0.3 is 15.2 Å². The van der Waals surface area contributed by atoms with Crippen molar-refractivity contribution < 1.29 is 18.3 Å². The molecule has 1 aromatic heterocycles. The molecule has 1 aliphatic rings. The van der Waals surface area contributed by atoms with Crippen molar-refractivity contribution in [3.8, 4) is 29.0 Å². The molecule has 1 atom stereocenters. The first-order valence-corrected chi connectivity index (χ1v) is 8.87. The molecular formula is C21H16F2N4O2. The van der Waals surface area contributed by atoms with Crippen molar-refractivity contribution in [2.24, 2.45) is 5.73 Å². The predicted octanol–water partition coefficient (Wildman–Crippen LogP) is 3.97. The van der Waals surface area contributed by atoms with Gasteiger partial charge in [-0.15, -0.1) is 5.10 Å². The standard InChI is InChI=1S/C21H16F2N4O2/c1-2-28-13-6-3-11(4-7-13)19-18-17(14-8-5-12(22)9-16(14)23)15(10-24)20(25)29-21(18)27-26-19/h3-9,17H,2,25H2,1H3,(H,26,27)/t17-/m0/s1. The van der Waals surface area contributed by atoms with Gasteiger partial charge in [-0.1, -0.05) is 6.07 Å². The van der Waals surface area contributed by atoms with Crippen LogP contribution in [0.2, 0.25) is 0 Å². The van der Waals surface area contributed by atoms with E-state index < -0.39 is 17.6 Å². The second-order valence-corrected chi connectivity index (χ2v) is 6.37. The highest BCUT2D eigenvalue weighted by molar-refractivity contribution is 5.71. The number of ether oxygens (including phenoxy) is 2. The largest absolute Gasteiger partial charge is 0.494 e. The van der Waals surface area contributed by atoms with E-state index in [0.717, 1.165) is 17.7 Å². The van der Waals surface area contributed by atoms with Crippen LogP contribution in [0, 0.1) is 23.0 Å². The molecular weight excluding hydrogens is 378 g/mol. The number of nitrogens with one attached hydrogen (secondary N) is 1. The molecule has 6 nitrogen and oxygen atoms in total. The minimum Gasteiger partial charge on any atom is -0.494 e. The van der Waals surface area contributed by atoms with Gasteiger partial charge in [-0.25, -0.2) is 8.78 Å². The van der Waals surface area contributed by atoms with Gasteiger partial charge >= 0.3 is 0 Å². The van der Waals surface area contributed by atoms with E-state index in [2.05, 4.69) is 10.2 Å². The third-order valence-electron chi connectivity index (χ3n) is 4.67. The summed E-state index contributed by atoms with van der Waals surface area (Å²) < 4.78 is 39.0. The molecule has 2 heterocycles. The van der Waals surface area contributed by atoms with Crippen LogP contribution >= 0.6 is 0 Å². The van der Waals surface area contributed by atoms with Crippen LogP contribution in [0.25, 0.3) is 11.3 Å². The Labute approximate surface area is 165 Å². The molecule has 2 aromatic carbocycles. The minimum atomic E-state index is -0.898. The molecule has 0 unspecified atom stereocenters. The summed E-state index contributed by atoms with van der Waals surface area (Å²) in [6, 6.07) is 12.4. The van der Waals surface area contributed by atoms with Crippen LogP contribution in [0.3, 0.4) is 0 Å². The molecule has 0 bridgehead atoms. The maximum Gasteiger partial charge on any atom is 0.244 e. The third-order valence-corrected chi connectivity index (χ3v) is 4.67. The average molecular weight is 394 g/mol. The van der Waals surface area contributed by atoms with Gasteiger partial charge in [-0.3, -0.25) is 5.10 Å². The quantitative estimate of drug-likeness (QED) is 0.698. The zero-order valence-electron chi connectivity index (χ0n) is 15.4. The zero-order chi connectivity index (χ0) is 20.5. The van der Waals surface area contributed by atoms with Crippen molar-refractivity contribution in [1.82, 2.24) is 10.2 Å². The van der Waals surface area contributed by atoms with E-state index in [1.54, 1.807) is 12.1 Å². The first-order chi connectivity index (χ1) is 14.0. The number of H-pyrrole nitrogens is 1. The number of nitrogens with zero attached hydrogens (tertiary/aromatic N) is 2. The number of rotatable bonds is 4. The number of hydrogen-bond donors (Lipinski definition) is 2. The Morgan fingerprint density at radius 3 is 2.66 bits per heavy atom. The topological polar surface area (TPSA) is 97.0 Å². The van der Waals surface area contributed by atoms with Gasteiger partial charge in [0.15, 0.2) is 0 Å². The zero-order valence-corrected chi connectivity index (χ0v) is 15.4. The van der Waals surface area contributed by atoms with Crippen LogP contribution in [-0.2, 0) is 0 Å². The lowest BCUT2D eigenvalue weighted by Crippen LogP contribution is -2.21. The second kappa shape index (κ2) is 7.28. The summed E-state index contributed by atoms with van der Waals surface area (Å²) in [5.41, 5.74) is 7.73. The molecule has 3 N–H and O–H groups in total. The second-order valence-electron chi connectivity index (χ2n) is 6.37. The van der Waals surface area contributed by atoms with Gasteiger partial charge in [0, 0.05) is 17.2 Å². The summed E-state index contributed by atoms with van der Waals surface area (Å²) in [7, 11) is 0. The predicted molar refractivity (Wildman–Crippen MR) is 101 cm³/mol. The third kappa shape index (κ3) is 3.17. The summed E-state index contributed by atoms with van der Waals surface area (Å²) in [6.45, 7) is 2.42. The minimum absolute atomic E-state index is 0.0246. The molecule has 0 aliphatic carbocycles. The molecule has 0 saturated heterocycles. The number of benzene rings is 2. The van der Waals surface area contributed by atoms with Crippen LogP contribution < -0.4 is 15.2 Å². The van der Waals surface area contributed by atoms with E-state index in [9.17, 15) is 14.0 Å². The van der Waals surface area contributed by atoms with Gasteiger partial charge in [-0.2, -0.15) is 5.26 Å². The number of aromatic amines is 1. The van der Waals surface area contributed by atoms with Gasteiger partial charge in [0.25, 0.3) is 0 Å². The van der Waals surface area contributed by atoms with Crippen LogP contribution in [0.1, 0.15) is 24.0 Å². The molecule has 0 spiro atoms. The molecule has 146 valence electrons. The highest BCUT2D eigenvalue weighted by Gasteiger charge is 2.37. The number of allylic oxidation sites excluding steroid dienone is 1. The summed E-state index contributed by atoms with van der Waals surface area (Å²) >= 11 is 0. The van der Waals surface area contributed by atoms with E-state index >= 15 is 0 Å². The Hall–Kier alpha value is -3.86. The van der Waals surface area contributed by atoms with E-state index in [-0.39, 0.29) is 22.9 Å². The summed E-state index contributed by atoms with van der Waals surface area (Å²) in [4.78, 5) is 0. The van der Waals surface area contributed by atoms with E-state index in [0.29, 0.717) is 23.6 Å². The van der Waals surface area contributed by atoms with Crippen molar-refractivity contribution in [2.75, 3.05) is 6.61 Å². The Morgan fingerprint density at radius 2 is 2.00 bits per heavy atom. The van der Waals surface area contributed by atoms with Crippen molar-refractivity contribution >= 4 is 0 Å². The Balaban J connectivity index is 1.89. The molecule has 0 fully saturated rings. The van der Waals surface area contributed by atoms with E-state index in [4.69, 9.17) is 15.2 Å². The van der Waals surface area contributed by atoms with Gasteiger partial charge in [0.05, 0.1) is 23.8 Å². The number of nitriles is 1. The Morgan fingerprint density at radius 1 is 1.24 bits per heavy atom. The highest BCUT2D eigenvalue weighted by atomic mass is 19.1. The van der Waals surface area contributed by atoms with Crippen molar-refractivity contribution in [2.45, 2.75) is 12.8 Å². The molecule has 0 radical (unpaired) electrons. The first kappa shape index (κ1) is 18.5. The maximum absolute atomic E-state index is 14.6. The maximum atomic E-state index is 14.6. The van der Waals surface area contributed by atoms with Crippen LogP contribution in [0.4, 0.5) is 8.78 Å². The average Bonchev–Trinajstić information content (AvgIpc) is 3.11. The number of fused-ring (bicyclic) bond motifs is 1. The smallest absolute Gasteiger partial charge is 0.244 e. The number of nitrogens with two attached hydrogens (primary N) is 1. The summed E-state index contributed by atoms with van der Waals surface area (Å²) in [5.74, 6) is -1.73. The van der Waals surface area contributed by atoms with Crippen molar-refractivity contribution in [1.29, 1.82) is 5.26 Å². The van der Waals surface area contributed by atoms with Crippen LogP contribution in [0.5, 0.6) is 11.6 Å². The van der Waals surface area contributed by atoms with E-state index in [1.165, 1.54) is 6.07 Å². The van der Waals surface area contributed by atoms with Gasteiger partial charge in [0.1, 0.15) is 29.0 Å². The molecule has 8 heteroatoms. The number of hydrogen-bond acceptors (Lipinski definition) is 5. The van der Waals surface area contributed by atoms with Gasteiger partial charge in [-0.05, 0) is 37.3 Å². The molecule has 0 amide bonds. The molecule has 3 aromatic rings. The highest BCUT2D eigenvalue weighted by Crippen LogP contribution is 2.46. The molecule has 0 saturated carbocycles. The lowest BCUT2D eigenvalue weighted by Gasteiger charge is -2.24. The van der Waals surface area contributed by atoms with Crippen LogP contribution in [-0.4, -0.2) is 16.8 Å². The fourth-order valence-corrected chi connectivity index (χ4v) is 3.40. The lowest BCUT2D eigenvalue weighted by atomic mass is 9.82. The summed E-state index contributed by atoms with van der Waals surface area (Å²) in [5, 5.41) is 16.7.